The number of carbonyl (C=O) groups is 1. The van der Waals surface area contributed by atoms with E-state index < -0.39 is 0 Å². The minimum atomic E-state index is -0.341. The molecular formula is C15H20FNO2. The topological polar surface area (TPSA) is 40.5 Å². The van der Waals surface area contributed by atoms with Crippen LogP contribution < -0.4 is 0 Å². The fourth-order valence-electron chi connectivity index (χ4n) is 2.81. The summed E-state index contributed by atoms with van der Waals surface area (Å²) in [4.78, 5) is 14.4. The molecule has 1 aliphatic rings. The van der Waals surface area contributed by atoms with E-state index in [0.717, 1.165) is 13.0 Å². The number of halogens is 1. The third-order valence-corrected chi connectivity index (χ3v) is 4.12. The van der Waals surface area contributed by atoms with Crippen LogP contribution in [0.2, 0.25) is 0 Å². The third-order valence-electron chi connectivity index (χ3n) is 4.12. The van der Waals surface area contributed by atoms with Crippen molar-refractivity contribution in [1.82, 2.24) is 4.90 Å². The average molecular weight is 265 g/mol. The smallest absolute Gasteiger partial charge is 0.179 e. The van der Waals surface area contributed by atoms with Crippen LogP contribution >= 0.6 is 0 Å². The van der Waals surface area contributed by atoms with E-state index in [9.17, 15) is 14.3 Å². The predicted octanol–water partition coefficient (Wildman–Crippen LogP) is 2.10. The molecule has 1 heterocycles. The normalized spacial score (nSPS) is 25.5. The lowest BCUT2D eigenvalue weighted by Gasteiger charge is -2.30. The summed E-state index contributed by atoms with van der Waals surface area (Å²) in [6.45, 7) is 4.84. The highest BCUT2D eigenvalue weighted by Crippen LogP contribution is 2.26. The standard InChI is InChI=1S/C15H20FNO2/c1-10-7-8-17(14(10)9-18)11(2)15(19)12-3-5-13(16)6-4-12/h3-6,10-11,14,18H,7-9H2,1-2H3. The summed E-state index contributed by atoms with van der Waals surface area (Å²) in [7, 11) is 0. The Morgan fingerprint density at radius 3 is 2.68 bits per heavy atom. The maximum Gasteiger partial charge on any atom is 0.179 e. The van der Waals surface area contributed by atoms with Crippen LogP contribution in [0.5, 0.6) is 0 Å². The molecule has 2 rings (SSSR count). The number of nitrogens with zero attached hydrogens (tertiary/aromatic N) is 1. The molecule has 0 amide bonds. The lowest BCUT2D eigenvalue weighted by atomic mass is 10.0. The van der Waals surface area contributed by atoms with Gasteiger partial charge in [0.05, 0.1) is 12.6 Å². The van der Waals surface area contributed by atoms with Gasteiger partial charge in [0.25, 0.3) is 0 Å². The van der Waals surface area contributed by atoms with Crippen molar-refractivity contribution in [3.05, 3.63) is 35.6 Å². The first-order valence-corrected chi connectivity index (χ1v) is 6.71. The summed E-state index contributed by atoms with van der Waals surface area (Å²) in [5, 5.41) is 9.44. The molecule has 1 saturated heterocycles. The molecule has 0 spiro atoms. The molecule has 0 aromatic heterocycles. The SMILES string of the molecule is CC1CCN(C(C)C(=O)c2ccc(F)cc2)C1CO. The van der Waals surface area contributed by atoms with E-state index in [-0.39, 0.29) is 30.3 Å². The van der Waals surface area contributed by atoms with Crippen molar-refractivity contribution >= 4 is 5.78 Å². The summed E-state index contributed by atoms with van der Waals surface area (Å²) in [5.74, 6) is 0.0354. The number of aliphatic hydroxyl groups excluding tert-OH is 1. The molecule has 19 heavy (non-hydrogen) atoms. The summed E-state index contributed by atoms with van der Waals surface area (Å²) in [6.07, 6.45) is 0.992. The van der Waals surface area contributed by atoms with E-state index in [1.807, 2.05) is 6.92 Å². The molecule has 3 unspecified atom stereocenters. The van der Waals surface area contributed by atoms with Crippen molar-refractivity contribution in [3.8, 4) is 0 Å². The van der Waals surface area contributed by atoms with Gasteiger partial charge in [0.1, 0.15) is 5.82 Å². The fraction of sp³-hybridized carbons (Fsp3) is 0.533. The lowest BCUT2D eigenvalue weighted by Crippen LogP contribution is -2.45. The van der Waals surface area contributed by atoms with Gasteiger partial charge in [-0.3, -0.25) is 9.69 Å². The van der Waals surface area contributed by atoms with E-state index in [0.29, 0.717) is 11.5 Å². The molecule has 4 heteroatoms. The Kier molecular flexibility index (Phi) is 4.32. The van der Waals surface area contributed by atoms with Crippen molar-refractivity contribution in [2.75, 3.05) is 13.2 Å². The van der Waals surface area contributed by atoms with Crippen LogP contribution in [-0.4, -0.2) is 41.0 Å². The van der Waals surface area contributed by atoms with Gasteiger partial charge in [-0.25, -0.2) is 4.39 Å². The summed E-state index contributed by atoms with van der Waals surface area (Å²) in [6, 6.07) is 5.39. The van der Waals surface area contributed by atoms with Crippen LogP contribution in [0.25, 0.3) is 0 Å². The maximum atomic E-state index is 12.9. The number of likely N-dealkylation sites (tertiary alicyclic amines) is 1. The zero-order valence-corrected chi connectivity index (χ0v) is 11.3. The van der Waals surface area contributed by atoms with E-state index >= 15 is 0 Å². The first kappa shape index (κ1) is 14.2. The molecule has 0 bridgehead atoms. The molecule has 1 aromatic rings. The number of hydrogen-bond donors (Lipinski definition) is 1. The Bertz CT molecular complexity index is 446. The van der Waals surface area contributed by atoms with Gasteiger partial charge >= 0.3 is 0 Å². The third kappa shape index (κ3) is 2.85. The molecule has 3 nitrogen and oxygen atoms in total. The van der Waals surface area contributed by atoms with E-state index in [2.05, 4.69) is 11.8 Å². The number of ketones is 1. The Morgan fingerprint density at radius 1 is 1.47 bits per heavy atom. The van der Waals surface area contributed by atoms with E-state index in [1.54, 1.807) is 0 Å². The minimum Gasteiger partial charge on any atom is -0.395 e. The molecule has 1 fully saturated rings. The molecule has 104 valence electrons. The van der Waals surface area contributed by atoms with Crippen LogP contribution in [0.3, 0.4) is 0 Å². The van der Waals surface area contributed by atoms with Gasteiger partial charge in [-0.1, -0.05) is 6.92 Å². The second-order valence-electron chi connectivity index (χ2n) is 5.30. The second-order valence-corrected chi connectivity index (χ2v) is 5.30. The monoisotopic (exact) mass is 265 g/mol. The van der Waals surface area contributed by atoms with Crippen LogP contribution in [0.4, 0.5) is 4.39 Å². The number of Topliss-reactive ketones (excluding diaryl/α,β-unsaturated/α-hetero) is 1. The van der Waals surface area contributed by atoms with Gasteiger partial charge in [0.15, 0.2) is 5.78 Å². The van der Waals surface area contributed by atoms with Crippen molar-refractivity contribution in [2.45, 2.75) is 32.4 Å². The molecule has 0 aliphatic carbocycles. The van der Waals surface area contributed by atoms with Crippen molar-refractivity contribution in [3.63, 3.8) is 0 Å². The average Bonchev–Trinajstić information content (AvgIpc) is 2.79. The van der Waals surface area contributed by atoms with Crippen LogP contribution in [-0.2, 0) is 0 Å². The van der Waals surface area contributed by atoms with Gasteiger partial charge in [-0.05, 0) is 50.1 Å². The minimum absolute atomic E-state index is 0.0208. The van der Waals surface area contributed by atoms with Gasteiger partial charge in [-0.15, -0.1) is 0 Å². The number of carbonyl (C=O) groups excluding carboxylic acids is 1. The van der Waals surface area contributed by atoms with Gasteiger partial charge in [0, 0.05) is 11.6 Å². The molecule has 3 atom stereocenters. The Balaban J connectivity index is 2.13. The van der Waals surface area contributed by atoms with Crippen LogP contribution in [0.1, 0.15) is 30.6 Å². The first-order chi connectivity index (χ1) is 9.04. The molecule has 1 aromatic carbocycles. The van der Waals surface area contributed by atoms with Crippen LogP contribution in [0, 0.1) is 11.7 Å². The van der Waals surface area contributed by atoms with Gasteiger partial charge in [0.2, 0.25) is 0 Å². The van der Waals surface area contributed by atoms with E-state index in [4.69, 9.17) is 0 Å². The first-order valence-electron chi connectivity index (χ1n) is 6.71. The zero-order chi connectivity index (χ0) is 14.0. The van der Waals surface area contributed by atoms with Crippen molar-refractivity contribution in [1.29, 1.82) is 0 Å². The number of hydrogen-bond acceptors (Lipinski definition) is 3. The zero-order valence-electron chi connectivity index (χ0n) is 11.3. The Labute approximate surface area is 113 Å². The Morgan fingerprint density at radius 2 is 2.11 bits per heavy atom. The van der Waals surface area contributed by atoms with Crippen molar-refractivity contribution in [2.24, 2.45) is 5.92 Å². The number of benzene rings is 1. The summed E-state index contributed by atoms with van der Waals surface area (Å²) in [5.41, 5.74) is 0.519. The molecule has 0 saturated carbocycles. The van der Waals surface area contributed by atoms with Crippen molar-refractivity contribution < 1.29 is 14.3 Å². The quantitative estimate of drug-likeness (QED) is 0.848. The second kappa shape index (κ2) is 5.80. The predicted molar refractivity (Wildman–Crippen MR) is 71.6 cm³/mol. The Hall–Kier alpha value is -1.26. The maximum absolute atomic E-state index is 12.9. The van der Waals surface area contributed by atoms with E-state index in [1.165, 1.54) is 24.3 Å². The largest absolute Gasteiger partial charge is 0.395 e. The summed E-state index contributed by atoms with van der Waals surface area (Å²) < 4.78 is 12.9. The highest BCUT2D eigenvalue weighted by Gasteiger charge is 2.36. The highest BCUT2D eigenvalue weighted by atomic mass is 19.1. The van der Waals surface area contributed by atoms with Gasteiger partial charge in [-0.2, -0.15) is 0 Å². The number of aliphatic hydroxyl groups is 1. The van der Waals surface area contributed by atoms with Crippen LogP contribution in [0.15, 0.2) is 24.3 Å². The molecular weight excluding hydrogens is 245 g/mol. The number of rotatable bonds is 4. The molecule has 1 aliphatic heterocycles. The van der Waals surface area contributed by atoms with Gasteiger partial charge < -0.3 is 5.11 Å². The lowest BCUT2D eigenvalue weighted by molar-refractivity contribution is 0.0720. The molecule has 0 radical (unpaired) electrons. The fourth-order valence-corrected chi connectivity index (χ4v) is 2.81. The summed E-state index contributed by atoms with van der Waals surface area (Å²) >= 11 is 0. The molecule has 1 N–H and O–H groups in total. The highest BCUT2D eigenvalue weighted by molar-refractivity contribution is 5.99.